The van der Waals surface area contributed by atoms with E-state index in [-0.39, 0.29) is 0 Å². The third kappa shape index (κ3) is 4.29. The maximum absolute atomic E-state index is 4.58. The van der Waals surface area contributed by atoms with Gasteiger partial charge in [0.15, 0.2) is 5.82 Å². The van der Waals surface area contributed by atoms with Crippen LogP contribution in [0.3, 0.4) is 0 Å². The van der Waals surface area contributed by atoms with Crippen molar-refractivity contribution >= 4 is 0 Å². The number of nitrogens with zero attached hydrogens (tertiary/aromatic N) is 6. The molecule has 0 aromatic carbocycles. The van der Waals surface area contributed by atoms with Crippen LogP contribution in [0.5, 0.6) is 0 Å². The maximum atomic E-state index is 4.58. The molecule has 0 aliphatic carbocycles. The molecule has 0 amide bonds. The first-order chi connectivity index (χ1) is 12.1. The minimum absolute atomic E-state index is 0.542. The molecule has 3 heterocycles. The molecule has 3 rings (SSSR count). The van der Waals surface area contributed by atoms with E-state index in [2.05, 4.69) is 50.0 Å². The van der Waals surface area contributed by atoms with Gasteiger partial charge in [0.1, 0.15) is 11.6 Å². The molecule has 1 aliphatic rings. The Morgan fingerprint density at radius 3 is 2.56 bits per heavy atom. The summed E-state index contributed by atoms with van der Waals surface area (Å²) in [7, 11) is 0. The van der Waals surface area contributed by atoms with E-state index in [1.165, 1.54) is 44.7 Å². The predicted octanol–water partition coefficient (Wildman–Crippen LogP) is 3.08. The highest BCUT2D eigenvalue weighted by Gasteiger charge is 2.25. The number of hydrogen-bond donors (Lipinski definition) is 0. The van der Waals surface area contributed by atoms with Gasteiger partial charge in [-0.25, -0.2) is 4.98 Å². The average Bonchev–Trinajstić information content (AvgIpc) is 3.20. The number of hydrogen-bond acceptors (Lipinski definition) is 4. The molecule has 0 radical (unpaired) electrons. The van der Waals surface area contributed by atoms with Gasteiger partial charge < -0.3 is 14.0 Å². The van der Waals surface area contributed by atoms with Crippen LogP contribution in [0.15, 0.2) is 12.4 Å². The van der Waals surface area contributed by atoms with Crippen LogP contribution in [-0.4, -0.2) is 48.8 Å². The summed E-state index contributed by atoms with van der Waals surface area (Å²) in [6, 6.07) is 0. The van der Waals surface area contributed by atoms with Gasteiger partial charge in [-0.3, -0.25) is 0 Å². The smallest absolute Gasteiger partial charge is 0.153 e. The highest BCUT2D eigenvalue weighted by atomic mass is 15.3. The summed E-state index contributed by atoms with van der Waals surface area (Å²) in [5.74, 6) is 4.57. The molecule has 1 saturated heterocycles. The SMILES string of the molecule is CCn1c(Cn2ccnc2C)nnc1C1CCN(CCC(C)C)CC1. The van der Waals surface area contributed by atoms with Crippen molar-refractivity contribution in [2.45, 2.75) is 66.0 Å². The molecule has 2 aromatic rings. The Labute approximate surface area is 151 Å². The van der Waals surface area contributed by atoms with Gasteiger partial charge in [0, 0.05) is 24.9 Å². The second-order valence-corrected chi connectivity index (χ2v) is 7.62. The number of rotatable bonds is 7. The van der Waals surface area contributed by atoms with Crippen LogP contribution in [-0.2, 0) is 13.1 Å². The van der Waals surface area contributed by atoms with E-state index in [1.807, 2.05) is 19.3 Å². The molecule has 0 saturated carbocycles. The topological polar surface area (TPSA) is 51.8 Å². The quantitative estimate of drug-likeness (QED) is 0.774. The van der Waals surface area contributed by atoms with Crippen LogP contribution in [0, 0.1) is 12.8 Å². The molecular formula is C19H32N6. The predicted molar refractivity (Wildman–Crippen MR) is 99.6 cm³/mol. The van der Waals surface area contributed by atoms with Crippen LogP contribution in [0.25, 0.3) is 0 Å². The Hall–Kier alpha value is -1.69. The Bertz CT molecular complexity index is 663. The summed E-state index contributed by atoms with van der Waals surface area (Å²) in [4.78, 5) is 6.91. The monoisotopic (exact) mass is 344 g/mol. The molecule has 6 nitrogen and oxygen atoms in total. The van der Waals surface area contributed by atoms with Crippen molar-refractivity contribution in [2.75, 3.05) is 19.6 Å². The summed E-state index contributed by atoms with van der Waals surface area (Å²) in [5.41, 5.74) is 0. The molecule has 0 bridgehead atoms. The first-order valence-corrected chi connectivity index (χ1v) is 9.70. The Balaban J connectivity index is 1.64. The standard InChI is InChI=1S/C19H32N6/c1-5-25-18(14-24-13-9-20-16(24)4)21-22-19(25)17-7-11-23(12-8-17)10-6-15(2)3/h9,13,15,17H,5-8,10-12,14H2,1-4H3. The second kappa shape index (κ2) is 8.13. The van der Waals surface area contributed by atoms with E-state index < -0.39 is 0 Å². The lowest BCUT2D eigenvalue weighted by atomic mass is 9.95. The minimum Gasteiger partial charge on any atom is -0.328 e. The summed E-state index contributed by atoms with van der Waals surface area (Å²) >= 11 is 0. The van der Waals surface area contributed by atoms with Gasteiger partial charge in [-0.15, -0.1) is 10.2 Å². The third-order valence-corrected chi connectivity index (χ3v) is 5.38. The molecule has 0 spiro atoms. The van der Waals surface area contributed by atoms with E-state index in [0.29, 0.717) is 5.92 Å². The molecule has 0 atom stereocenters. The lowest BCUT2D eigenvalue weighted by Gasteiger charge is -2.32. The number of imidazole rings is 1. The molecule has 0 N–H and O–H groups in total. The fourth-order valence-corrected chi connectivity index (χ4v) is 3.69. The normalized spacial score (nSPS) is 16.8. The van der Waals surface area contributed by atoms with Crippen molar-refractivity contribution < 1.29 is 0 Å². The van der Waals surface area contributed by atoms with Gasteiger partial charge >= 0.3 is 0 Å². The van der Waals surface area contributed by atoms with E-state index in [4.69, 9.17) is 0 Å². The number of aryl methyl sites for hydroxylation is 1. The number of aromatic nitrogens is 5. The van der Waals surface area contributed by atoms with E-state index in [0.717, 1.165) is 30.7 Å². The van der Waals surface area contributed by atoms with Crippen LogP contribution in [0.2, 0.25) is 0 Å². The molecule has 6 heteroatoms. The Morgan fingerprint density at radius 1 is 1.20 bits per heavy atom. The van der Waals surface area contributed by atoms with Gasteiger partial charge in [0.05, 0.1) is 6.54 Å². The van der Waals surface area contributed by atoms with Gasteiger partial charge in [0.2, 0.25) is 0 Å². The van der Waals surface area contributed by atoms with Gasteiger partial charge in [-0.05, 0) is 58.7 Å². The largest absolute Gasteiger partial charge is 0.328 e. The maximum Gasteiger partial charge on any atom is 0.153 e. The van der Waals surface area contributed by atoms with E-state index >= 15 is 0 Å². The van der Waals surface area contributed by atoms with Crippen molar-refractivity contribution in [1.82, 2.24) is 29.2 Å². The van der Waals surface area contributed by atoms with E-state index in [1.54, 1.807) is 0 Å². The zero-order valence-electron chi connectivity index (χ0n) is 16.1. The van der Waals surface area contributed by atoms with Crippen molar-refractivity contribution in [3.8, 4) is 0 Å². The molecule has 2 aromatic heterocycles. The molecule has 1 fully saturated rings. The third-order valence-electron chi connectivity index (χ3n) is 5.38. The Morgan fingerprint density at radius 2 is 1.96 bits per heavy atom. The van der Waals surface area contributed by atoms with Crippen molar-refractivity contribution in [2.24, 2.45) is 5.92 Å². The second-order valence-electron chi connectivity index (χ2n) is 7.62. The van der Waals surface area contributed by atoms with Crippen molar-refractivity contribution in [1.29, 1.82) is 0 Å². The molecule has 25 heavy (non-hydrogen) atoms. The molecule has 0 unspecified atom stereocenters. The van der Waals surface area contributed by atoms with Gasteiger partial charge in [-0.2, -0.15) is 0 Å². The van der Waals surface area contributed by atoms with Crippen LogP contribution >= 0.6 is 0 Å². The summed E-state index contributed by atoms with van der Waals surface area (Å²) in [6.45, 7) is 14.1. The van der Waals surface area contributed by atoms with Crippen molar-refractivity contribution in [3.05, 3.63) is 29.9 Å². The zero-order valence-corrected chi connectivity index (χ0v) is 16.1. The van der Waals surface area contributed by atoms with Gasteiger partial charge in [0.25, 0.3) is 0 Å². The fourth-order valence-electron chi connectivity index (χ4n) is 3.69. The summed E-state index contributed by atoms with van der Waals surface area (Å²) in [6.07, 6.45) is 7.54. The summed E-state index contributed by atoms with van der Waals surface area (Å²) in [5, 5.41) is 9.09. The lowest BCUT2D eigenvalue weighted by Crippen LogP contribution is -2.35. The van der Waals surface area contributed by atoms with Crippen molar-refractivity contribution in [3.63, 3.8) is 0 Å². The first kappa shape index (κ1) is 18.1. The zero-order chi connectivity index (χ0) is 17.8. The molecule has 1 aliphatic heterocycles. The molecule has 138 valence electrons. The number of likely N-dealkylation sites (tertiary alicyclic amines) is 1. The molecular weight excluding hydrogens is 312 g/mol. The number of piperidine rings is 1. The van der Waals surface area contributed by atoms with E-state index in [9.17, 15) is 0 Å². The van der Waals surface area contributed by atoms with Gasteiger partial charge in [-0.1, -0.05) is 13.8 Å². The Kier molecular flexibility index (Phi) is 5.89. The van der Waals surface area contributed by atoms with Crippen LogP contribution in [0.4, 0.5) is 0 Å². The lowest BCUT2D eigenvalue weighted by molar-refractivity contribution is 0.198. The van der Waals surface area contributed by atoms with Crippen LogP contribution < -0.4 is 0 Å². The summed E-state index contributed by atoms with van der Waals surface area (Å²) < 4.78 is 4.45. The first-order valence-electron chi connectivity index (χ1n) is 9.70. The van der Waals surface area contributed by atoms with Crippen LogP contribution in [0.1, 0.15) is 63.4 Å². The fraction of sp³-hybridized carbons (Fsp3) is 0.737. The highest BCUT2D eigenvalue weighted by Crippen LogP contribution is 2.27. The average molecular weight is 345 g/mol. The minimum atomic E-state index is 0.542. The highest BCUT2D eigenvalue weighted by molar-refractivity contribution is 5.05.